The SMILES string of the molecule is C=CCCc1cccc(CC#N)c1. The lowest BCUT2D eigenvalue weighted by Gasteiger charge is -2.00. The minimum Gasteiger partial charge on any atom is -0.198 e. The van der Waals surface area contributed by atoms with Gasteiger partial charge in [0.05, 0.1) is 12.5 Å². The molecule has 66 valence electrons. The van der Waals surface area contributed by atoms with Crippen LogP contribution >= 0.6 is 0 Å². The Morgan fingerprint density at radius 1 is 1.38 bits per heavy atom. The largest absolute Gasteiger partial charge is 0.198 e. The van der Waals surface area contributed by atoms with Gasteiger partial charge in [0.25, 0.3) is 0 Å². The van der Waals surface area contributed by atoms with Crippen molar-refractivity contribution in [3.63, 3.8) is 0 Å². The zero-order chi connectivity index (χ0) is 9.52. The van der Waals surface area contributed by atoms with Crippen LogP contribution in [0.2, 0.25) is 0 Å². The first-order valence-corrected chi connectivity index (χ1v) is 4.42. The molecule has 0 radical (unpaired) electrons. The molecule has 13 heavy (non-hydrogen) atoms. The van der Waals surface area contributed by atoms with Crippen LogP contribution in [0.5, 0.6) is 0 Å². The van der Waals surface area contributed by atoms with E-state index >= 15 is 0 Å². The van der Waals surface area contributed by atoms with Crippen LogP contribution in [-0.2, 0) is 12.8 Å². The summed E-state index contributed by atoms with van der Waals surface area (Å²) in [5.74, 6) is 0. The van der Waals surface area contributed by atoms with Crippen molar-refractivity contribution in [2.75, 3.05) is 0 Å². The molecule has 0 spiro atoms. The number of benzene rings is 1. The Kier molecular flexibility index (Phi) is 3.78. The van der Waals surface area contributed by atoms with E-state index in [1.807, 2.05) is 18.2 Å². The van der Waals surface area contributed by atoms with Crippen molar-refractivity contribution in [2.45, 2.75) is 19.3 Å². The van der Waals surface area contributed by atoms with Gasteiger partial charge < -0.3 is 0 Å². The maximum atomic E-state index is 8.52. The molecule has 1 aromatic rings. The Labute approximate surface area is 79.3 Å². The molecule has 0 amide bonds. The zero-order valence-corrected chi connectivity index (χ0v) is 7.66. The lowest BCUT2D eigenvalue weighted by Crippen LogP contribution is -1.87. The fraction of sp³-hybridized carbons (Fsp3) is 0.250. The predicted molar refractivity (Wildman–Crippen MR) is 54.3 cm³/mol. The number of nitrogens with zero attached hydrogens (tertiary/aromatic N) is 1. The summed E-state index contributed by atoms with van der Waals surface area (Å²) in [6.07, 6.45) is 4.43. The Hall–Kier alpha value is -1.55. The lowest BCUT2D eigenvalue weighted by molar-refractivity contribution is 0.998. The van der Waals surface area contributed by atoms with Crippen LogP contribution < -0.4 is 0 Å². The third kappa shape index (κ3) is 3.13. The van der Waals surface area contributed by atoms with Gasteiger partial charge in [0.15, 0.2) is 0 Å². The van der Waals surface area contributed by atoms with E-state index in [-0.39, 0.29) is 0 Å². The average Bonchev–Trinajstić information content (AvgIpc) is 2.16. The summed E-state index contributed by atoms with van der Waals surface area (Å²) in [7, 11) is 0. The molecule has 0 fully saturated rings. The van der Waals surface area contributed by atoms with E-state index in [1.54, 1.807) is 0 Å². The van der Waals surface area contributed by atoms with Crippen LogP contribution in [0, 0.1) is 11.3 Å². The number of nitriles is 1. The van der Waals surface area contributed by atoms with Crippen LogP contribution in [0.3, 0.4) is 0 Å². The monoisotopic (exact) mass is 171 g/mol. The van der Waals surface area contributed by atoms with Crippen molar-refractivity contribution in [1.29, 1.82) is 5.26 Å². The topological polar surface area (TPSA) is 23.8 Å². The van der Waals surface area contributed by atoms with Crippen LogP contribution in [0.1, 0.15) is 17.5 Å². The zero-order valence-electron chi connectivity index (χ0n) is 7.66. The third-order valence-corrected chi connectivity index (χ3v) is 1.91. The van der Waals surface area contributed by atoms with Gasteiger partial charge in [-0.15, -0.1) is 6.58 Å². The molecule has 0 saturated heterocycles. The molecule has 1 rings (SSSR count). The van der Waals surface area contributed by atoms with E-state index < -0.39 is 0 Å². The lowest BCUT2D eigenvalue weighted by atomic mass is 10.1. The molecule has 0 aromatic heterocycles. The first kappa shape index (κ1) is 9.54. The summed E-state index contributed by atoms with van der Waals surface area (Å²) in [6, 6.07) is 10.3. The highest BCUT2D eigenvalue weighted by molar-refractivity contribution is 5.25. The van der Waals surface area contributed by atoms with Gasteiger partial charge in [-0.1, -0.05) is 30.3 Å². The minimum absolute atomic E-state index is 0.502. The van der Waals surface area contributed by atoms with Crippen molar-refractivity contribution in [3.05, 3.63) is 48.0 Å². The van der Waals surface area contributed by atoms with Crippen molar-refractivity contribution in [2.24, 2.45) is 0 Å². The first-order chi connectivity index (χ1) is 6.36. The van der Waals surface area contributed by atoms with E-state index in [1.165, 1.54) is 5.56 Å². The summed E-state index contributed by atoms with van der Waals surface area (Å²) in [5, 5.41) is 8.52. The van der Waals surface area contributed by atoms with E-state index in [0.717, 1.165) is 18.4 Å². The second-order valence-corrected chi connectivity index (χ2v) is 2.98. The van der Waals surface area contributed by atoms with Crippen molar-refractivity contribution >= 4 is 0 Å². The van der Waals surface area contributed by atoms with Crippen molar-refractivity contribution in [3.8, 4) is 6.07 Å². The second kappa shape index (κ2) is 5.16. The summed E-state index contributed by atoms with van der Waals surface area (Å²) in [4.78, 5) is 0. The highest BCUT2D eigenvalue weighted by Crippen LogP contribution is 2.08. The molecule has 0 unspecified atom stereocenters. The Morgan fingerprint density at radius 3 is 2.85 bits per heavy atom. The number of hydrogen-bond acceptors (Lipinski definition) is 1. The van der Waals surface area contributed by atoms with Crippen LogP contribution in [0.25, 0.3) is 0 Å². The highest BCUT2D eigenvalue weighted by Gasteiger charge is 1.94. The van der Waals surface area contributed by atoms with Gasteiger partial charge in [-0.25, -0.2) is 0 Å². The molecule has 0 aliphatic carbocycles. The predicted octanol–water partition coefficient (Wildman–Crippen LogP) is 2.87. The van der Waals surface area contributed by atoms with Gasteiger partial charge in [-0.3, -0.25) is 0 Å². The number of aryl methyl sites for hydroxylation is 1. The van der Waals surface area contributed by atoms with Gasteiger partial charge in [-0.05, 0) is 24.0 Å². The van der Waals surface area contributed by atoms with E-state index in [2.05, 4.69) is 24.8 Å². The maximum Gasteiger partial charge on any atom is 0.0669 e. The molecule has 0 aliphatic heterocycles. The third-order valence-electron chi connectivity index (χ3n) is 1.91. The van der Waals surface area contributed by atoms with Crippen LogP contribution in [0.15, 0.2) is 36.9 Å². The van der Waals surface area contributed by atoms with Gasteiger partial charge >= 0.3 is 0 Å². The molecule has 0 saturated carbocycles. The molecule has 0 atom stereocenters. The Balaban J connectivity index is 2.68. The van der Waals surface area contributed by atoms with Crippen LogP contribution in [-0.4, -0.2) is 0 Å². The molecule has 0 aliphatic rings. The molecular formula is C12H13N. The summed E-state index contributed by atoms with van der Waals surface area (Å²) in [5.41, 5.74) is 2.39. The molecule has 1 heteroatoms. The van der Waals surface area contributed by atoms with Gasteiger partial charge in [0, 0.05) is 0 Å². The van der Waals surface area contributed by atoms with Crippen molar-refractivity contribution in [1.82, 2.24) is 0 Å². The molecule has 0 heterocycles. The fourth-order valence-electron chi connectivity index (χ4n) is 1.26. The van der Waals surface area contributed by atoms with Gasteiger partial charge in [0.2, 0.25) is 0 Å². The quantitative estimate of drug-likeness (QED) is 0.639. The maximum absolute atomic E-state index is 8.52. The van der Waals surface area contributed by atoms with E-state index in [9.17, 15) is 0 Å². The molecule has 1 nitrogen and oxygen atoms in total. The smallest absolute Gasteiger partial charge is 0.0669 e. The summed E-state index contributed by atoms with van der Waals surface area (Å²) >= 11 is 0. The molecule has 1 aromatic carbocycles. The second-order valence-electron chi connectivity index (χ2n) is 2.98. The molecule has 0 bridgehead atoms. The first-order valence-electron chi connectivity index (χ1n) is 4.42. The van der Waals surface area contributed by atoms with Crippen LogP contribution in [0.4, 0.5) is 0 Å². The minimum atomic E-state index is 0.502. The number of rotatable bonds is 4. The van der Waals surface area contributed by atoms with Gasteiger partial charge in [-0.2, -0.15) is 5.26 Å². The summed E-state index contributed by atoms with van der Waals surface area (Å²) < 4.78 is 0. The fourth-order valence-corrected chi connectivity index (χ4v) is 1.26. The Morgan fingerprint density at radius 2 is 2.15 bits per heavy atom. The Bertz CT molecular complexity index is 320. The standard InChI is InChI=1S/C12H13N/c1-2-3-5-11-6-4-7-12(10-11)8-9-13/h2,4,6-7,10H,1,3,5,8H2. The average molecular weight is 171 g/mol. The van der Waals surface area contributed by atoms with Crippen molar-refractivity contribution < 1.29 is 0 Å². The van der Waals surface area contributed by atoms with E-state index in [4.69, 9.17) is 5.26 Å². The number of allylic oxidation sites excluding steroid dienone is 1. The normalized spacial score (nSPS) is 9.15. The van der Waals surface area contributed by atoms with Gasteiger partial charge in [0.1, 0.15) is 0 Å². The molecule has 0 N–H and O–H groups in total. The number of hydrogen-bond donors (Lipinski definition) is 0. The van der Waals surface area contributed by atoms with E-state index in [0.29, 0.717) is 6.42 Å². The highest BCUT2D eigenvalue weighted by atomic mass is 14.2. The summed E-state index contributed by atoms with van der Waals surface area (Å²) in [6.45, 7) is 3.68. The molecular weight excluding hydrogens is 158 g/mol.